The third-order valence-electron chi connectivity index (χ3n) is 5.61. The van der Waals surface area contributed by atoms with Gasteiger partial charge in [-0.05, 0) is 54.2 Å². The minimum Gasteiger partial charge on any atom is -0.429 e. The number of benzene rings is 2. The van der Waals surface area contributed by atoms with Gasteiger partial charge in [0.15, 0.2) is 0 Å². The standard InChI is InChI=1S/C24H28O6/c1-24(2,3)18-13-15-19(16-14-18)27-23(26)29-30-28-22(25)21-12-8-7-11-20(21)17-9-5-4-6-10-17/h4-12,18-19H,13-16H2,1-3H3. The zero-order chi connectivity index (χ0) is 21.6. The van der Waals surface area contributed by atoms with E-state index >= 15 is 0 Å². The van der Waals surface area contributed by atoms with Crippen molar-refractivity contribution in [3.63, 3.8) is 0 Å². The van der Waals surface area contributed by atoms with Crippen LogP contribution in [0.4, 0.5) is 4.79 Å². The van der Waals surface area contributed by atoms with Crippen LogP contribution in [0.3, 0.4) is 0 Å². The molecule has 30 heavy (non-hydrogen) atoms. The maximum atomic E-state index is 12.4. The highest BCUT2D eigenvalue weighted by atomic mass is 17.5. The first-order valence-corrected chi connectivity index (χ1v) is 10.2. The third-order valence-corrected chi connectivity index (χ3v) is 5.61. The molecule has 0 heterocycles. The SMILES string of the molecule is CC(C)(C)C1CCC(OC(=O)OOOC(=O)c2ccccc2-c2ccccc2)CC1. The first kappa shape index (κ1) is 21.8. The van der Waals surface area contributed by atoms with Crippen molar-refractivity contribution < 1.29 is 29.1 Å². The lowest BCUT2D eigenvalue weighted by molar-refractivity contribution is -0.453. The normalized spacial score (nSPS) is 19.0. The summed E-state index contributed by atoms with van der Waals surface area (Å²) in [6.07, 6.45) is 2.32. The van der Waals surface area contributed by atoms with Gasteiger partial charge < -0.3 is 4.74 Å². The van der Waals surface area contributed by atoms with Crippen LogP contribution >= 0.6 is 0 Å². The van der Waals surface area contributed by atoms with Crippen LogP contribution in [0.25, 0.3) is 11.1 Å². The van der Waals surface area contributed by atoms with Crippen LogP contribution in [0.5, 0.6) is 0 Å². The average molecular weight is 412 g/mol. The Balaban J connectivity index is 1.46. The maximum Gasteiger partial charge on any atom is 0.543 e. The van der Waals surface area contributed by atoms with E-state index in [1.807, 2.05) is 36.4 Å². The summed E-state index contributed by atoms with van der Waals surface area (Å²) >= 11 is 0. The molecule has 0 aliphatic heterocycles. The molecule has 0 saturated heterocycles. The molecule has 6 nitrogen and oxygen atoms in total. The fraction of sp³-hybridized carbons (Fsp3) is 0.417. The van der Waals surface area contributed by atoms with Gasteiger partial charge in [-0.1, -0.05) is 69.3 Å². The summed E-state index contributed by atoms with van der Waals surface area (Å²) in [7, 11) is 0. The number of carbonyl (C=O) groups excluding carboxylic acids is 2. The largest absolute Gasteiger partial charge is 0.543 e. The summed E-state index contributed by atoms with van der Waals surface area (Å²) in [5.74, 6) is -0.164. The van der Waals surface area contributed by atoms with Gasteiger partial charge in [0.1, 0.15) is 6.10 Å². The molecule has 0 bridgehead atoms. The molecule has 1 aliphatic rings. The lowest BCUT2D eigenvalue weighted by Crippen LogP contribution is -2.30. The van der Waals surface area contributed by atoms with Crippen molar-refractivity contribution in [1.29, 1.82) is 0 Å². The molecular weight excluding hydrogens is 384 g/mol. The second kappa shape index (κ2) is 9.76. The molecule has 2 aromatic rings. The molecule has 0 unspecified atom stereocenters. The van der Waals surface area contributed by atoms with Crippen LogP contribution in [0.2, 0.25) is 0 Å². The Kier molecular flexibility index (Phi) is 7.11. The molecular formula is C24H28O6. The molecule has 3 rings (SSSR count). The summed E-state index contributed by atoms with van der Waals surface area (Å²) in [5, 5.41) is 4.40. The first-order valence-electron chi connectivity index (χ1n) is 10.2. The van der Waals surface area contributed by atoms with E-state index in [4.69, 9.17) is 4.74 Å². The highest BCUT2D eigenvalue weighted by molar-refractivity contribution is 5.96. The minimum atomic E-state index is -1.02. The molecule has 6 heteroatoms. The molecule has 2 aromatic carbocycles. The summed E-state index contributed by atoms with van der Waals surface area (Å²) in [6, 6.07) is 16.4. The fourth-order valence-corrected chi connectivity index (χ4v) is 3.85. The smallest absolute Gasteiger partial charge is 0.429 e. The van der Waals surface area contributed by atoms with Crippen LogP contribution in [-0.4, -0.2) is 18.2 Å². The van der Waals surface area contributed by atoms with Gasteiger partial charge in [-0.15, -0.1) is 0 Å². The Bertz CT molecular complexity index is 847. The fourth-order valence-electron chi connectivity index (χ4n) is 3.85. The van der Waals surface area contributed by atoms with Gasteiger partial charge in [0.2, 0.25) is 0 Å². The first-order chi connectivity index (χ1) is 14.3. The molecule has 1 aliphatic carbocycles. The molecule has 1 fully saturated rings. The Hall–Kier alpha value is -2.86. The average Bonchev–Trinajstić information content (AvgIpc) is 2.74. The summed E-state index contributed by atoms with van der Waals surface area (Å²) < 4.78 is 5.26. The number of ether oxygens (including phenoxy) is 1. The minimum absolute atomic E-state index is 0.214. The van der Waals surface area contributed by atoms with Crippen molar-refractivity contribution in [3.8, 4) is 11.1 Å². The van der Waals surface area contributed by atoms with Crippen molar-refractivity contribution in [1.82, 2.24) is 0 Å². The van der Waals surface area contributed by atoms with Crippen LogP contribution in [-0.2, 0) is 19.6 Å². The van der Waals surface area contributed by atoms with Gasteiger partial charge in [-0.25, -0.2) is 14.5 Å². The molecule has 160 valence electrons. The van der Waals surface area contributed by atoms with Crippen molar-refractivity contribution in [2.75, 3.05) is 0 Å². The van der Waals surface area contributed by atoms with Gasteiger partial charge >= 0.3 is 12.1 Å². The Morgan fingerprint density at radius 1 is 0.833 bits per heavy atom. The number of rotatable bonds is 5. The van der Waals surface area contributed by atoms with E-state index < -0.39 is 12.1 Å². The molecule has 0 aromatic heterocycles. The van der Waals surface area contributed by atoms with E-state index in [9.17, 15) is 9.59 Å². The monoisotopic (exact) mass is 412 g/mol. The Labute approximate surface area is 176 Å². The van der Waals surface area contributed by atoms with Gasteiger partial charge in [-0.2, -0.15) is 0 Å². The third kappa shape index (κ3) is 5.83. The topological polar surface area (TPSA) is 71.1 Å². The van der Waals surface area contributed by atoms with E-state index in [0.29, 0.717) is 17.0 Å². The predicted molar refractivity (Wildman–Crippen MR) is 111 cm³/mol. The van der Waals surface area contributed by atoms with Crippen LogP contribution < -0.4 is 0 Å². The second-order valence-corrected chi connectivity index (χ2v) is 8.64. The molecule has 0 atom stereocenters. The van der Waals surface area contributed by atoms with Crippen LogP contribution in [0.1, 0.15) is 56.8 Å². The summed E-state index contributed by atoms with van der Waals surface area (Å²) in [5.41, 5.74) is 2.08. The van der Waals surface area contributed by atoms with E-state index in [1.54, 1.807) is 18.2 Å². The predicted octanol–water partition coefficient (Wildman–Crippen LogP) is 6.12. The molecule has 0 N–H and O–H groups in total. The molecule has 0 amide bonds. The molecule has 0 spiro atoms. The maximum absolute atomic E-state index is 12.4. The van der Waals surface area contributed by atoms with Gasteiger partial charge in [0.05, 0.1) is 10.6 Å². The lowest BCUT2D eigenvalue weighted by Gasteiger charge is -2.36. The van der Waals surface area contributed by atoms with Gasteiger partial charge in [-0.3, -0.25) is 4.89 Å². The number of carbonyl (C=O) groups is 2. The number of hydrogen-bond acceptors (Lipinski definition) is 6. The van der Waals surface area contributed by atoms with Crippen molar-refractivity contribution in [2.24, 2.45) is 11.3 Å². The van der Waals surface area contributed by atoms with E-state index in [-0.39, 0.29) is 11.5 Å². The quantitative estimate of drug-likeness (QED) is 0.335. The highest BCUT2D eigenvalue weighted by Gasteiger charge is 2.31. The van der Waals surface area contributed by atoms with E-state index in [0.717, 1.165) is 31.2 Å². The van der Waals surface area contributed by atoms with Crippen LogP contribution in [0, 0.1) is 11.3 Å². The van der Waals surface area contributed by atoms with Crippen molar-refractivity contribution >= 4 is 12.1 Å². The lowest BCUT2D eigenvalue weighted by atomic mass is 9.72. The van der Waals surface area contributed by atoms with Crippen LogP contribution in [0.15, 0.2) is 54.6 Å². The zero-order valence-corrected chi connectivity index (χ0v) is 17.6. The van der Waals surface area contributed by atoms with Gasteiger partial charge in [0, 0.05) is 0 Å². The molecule has 0 radical (unpaired) electrons. The van der Waals surface area contributed by atoms with E-state index in [2.05, 4.69) is 35.6 Å². The van der Waals surface area contributed by atoms with Gasteiger partial charge in [0.25, 0.3) is 0 Å². The summed E-state index contributed by atoms with van der Waals surface area (Å²) in [4.78, 5) is 33.3. The zero-order valence-electron chi connectivity index (χ0n) is 17.6. The van der Waals surface area contributed by atoms with E-state index in [1.165, 1.54) is 0 Å². The van der Waals surface area contributed by atoms with Crippen molar-refractivity contribution in [3.05, 3.63) is 60.2 Å². The Morgan fingerprint density at radius 3 is 2.13 bits per heavy atom. The Morgan fingerprint density at radius 2 is 1.47 bits per heavy atom. The van der Waals surface area contributed by atoms with Crippen molar-refractivity contribution in [2.45, 2.75) is 52.6 Å². The second-order valence-electron chi connectivity index (χ2n) is 8.64. The molecule has 1 saturated carbocycles. The highest BCUT2D eigenvalue weighted by Crippen LogP contribution is 2.38. The summed E-state index contributed by atoms with van der Waals surface area (Å²) in [6.45, 7) is 6.68. The number of hydrogen-bond donors (Lipinski definition) is 0.